The number of anilines is 2. The molecular weight excluding hydrogens is 487 g/mol. The van der Waals surface area contributed by atoms with Crippen LogP contribution >= 0.6 is 0 Å². The second kappa shape index (κ2) is 11.3. The number of sulfonamides is 1. The largest absolute Gasteiger partial charge is 0.497 e. The number of nitrogens with one attached hydrogen (secondary N) is 1. The van der Waals surface area contributed by atoms with Gasteiger partial charge in [0.2, 0.25) is 21.8 Å². The molecule has 2 aromatic rings. The smallest absolute Gasteiger partial charge is 0.227 e. The molecule has 9 nitrogen and oxygen atoms in total. The zero-order chi connectivity index (χ0) is 25.7. The number of methoxy groups -OCH3 is 1. The zero-order valence-electron chi connectivity index (χ0n) is 20.2. The summed E-state index contributed by atoms with van der Waals surface area (Å²) in [4.78, 5) is 28.7. The van der Waals surface area contributed by atoms with E-state index >= 15 is 0 Å². The summed E-state index contributed by atoms with van der Waals surface area (Å²) in [5.74, 6) is -0.611. The molecule has 1 atom stereocenters. The Morgan fingerprint density at radius 3 is 2.50 bits per heavy atom. The fourth-order valence-electron chi connectivity index (χ4n) is 4.53. The predicted octanol–water partition coefficient (Wildman–Crippen LogP) is 1.85. The minimum Gasteiger partial charge on any atom is -0.497 e. The first kappa shape index (κ1) is 25.9. The van der Waals surface area contributed by atoms with Gasteiger partial charge >= 0.3 is 0 Å². The lowest BCUT2D eigenvalue weighted by Gasteiger charge is -2.35. The Kier molecular flexibility index (Phi) is 8.10. The predicted molar refractivity (Wildman–Crippen MR) is 135 cm³/mol. The molecule has 2 heterocycles. The molecule has 2 aliphatic heterocycles. The number of hydrogen-bond acceptors (Lipinski definition) is 6. The normalized spacial score (nSPS) is 18.9. The quantitative estimate of drug-likeness (QED) is 0.509. The molecule has 194 valence electrons. The first-order valence-electron chi connectivity index (χ1n) is 12.0. The van der Waals surface area contributed by atoms with Crippen LogP contribution in [0.25, 0.3) is 0 Å². The molecule has 1 unspecified atom stereocenters. The summed E-state index contributed by atoms with van der Waals surface area (Å²) in [6, 6.07) is 13.3. The van der Waals surface area contributed by atoms with E-state index in [1.54, 1.807) is 48.4 Å². The van der Waals surface area contributed by atoms with E-state index in [0.29, 0.717) is 37.6 Å². The van der Waals surface area contributed by atoms with E-state index in [0.717, 1.165) is 5.69 Å². The maximum absolute atomic E-state index is 13.1. The number of piperazine rings is 1. The Morgan fingerprint density at radius 2 is 1.81 bits per heavy atom. The van der Waals surface area contributed by atoms with E-state index in [9.17, 15) is 22.4 Å². The number of hydrogen-bond donors (Lipinski definition) is 1. The Morgan fingerprint density at radius 1 is 1.08 bits per heavy atom. The van der Waals surface area contributed by atoms with Crippen molar-refractivity contribution in [3.63, 3.8) is 0 Å². The van der Waals surface area contributed by atoms with Gasteiger partial charge in [0.15, 0.2) is 0 Å². The topological polar surface area (TPSA) is 99.3 Å². The molecule has 0 bridgehead atoms. The number of carbonyl (C=O) groups is 2. The van der Waals surface area contributed by atoms with Gasteiger partial charge in [-0.05, 0) is 42.8 Å². The summed E-state index contributed by atoms with van der Waals surface area (Å²) in [7, 11) is -1.90. The van der Waals surface area contributed by atoms with Crippen molar-refractivity contribution in [3.8, 4) is 5.75 Å². The van der Waals surface area contributed by atoms with Crippen molar-refractivity contribution >= 4 is 33.2 Å². The Balaban J connectivity index is 1.20. The Bertz CT molecular complexity index is 1180. The first-order chi connectivity index (χ1) is 17.3. The minimum atomic E-state index is -3.45. The molecule has 0 saturated carbocycles. The maximum Gasteiger partial charge on any atom is 0.227 e. The van der Waals surface area contributed by atoms with Crippen molar-refractivity contribution in [1.82, 2.24) is 9.62 Å². The van der Waals surface area contributed by atoms with E-state index in [2.05, 4.69) is 5.32 Å². The monoisotopic (exact) mass is 518 g/mol. The lowest BCUT2D eigenvalue weighted by molar-refractivity contribution is -0.126. The molecular formula is C25H31FN4O5S. The molecule has 2 saturated heterocycles. The summed E-state index contributed by atoms with van der Waals surface area (Å²) >= 11 is 0. The molecule has 2 aromatic carbocycles. The number of halogens is 1. The number of amides is 2. The van der Waals surface area contributed by atoms with Gasteiger partial charge in [-0.3, -0.25) is 9.59 Å². The molecule has 4 rings (SSSR count). The highest BCUT2D eigenvalue weighted by Crippen LogP contribution is 2.28. The van der Waals surface area contributed by atoms with E-state index in [1.165, 1.54) is 16.4 Å². The molecule has 1 N–H and O–H groups in total. The van der Waals surface area contributed by atoms with Crippen LogP contribution in [0.1, 0.15) is 12.8 Å². The van der Waals surface area contributed by atoms with Gasteiger partial charge in [-0.25, -0.2) is 12.8 Å². The van der Waals surface area contributed by atoms with E-state index < -0.39 is 15.9 Å². The highest BCUT2D eigenvalue weighted by molar-refractivity contribution is 7.89. The summed E-state index contributed by atoms with van der Waals surface area (Å²) in [5, 5.41) is 2.78. The molecule has 0 aliphatic carbocycles. The van der Waals surface area contributed by atoms with Crippen molar-refractivity contribution in [2.75, 3.05) is 61.9 Å². The lowest BCUT2D eigenvalue weighted by Crippen LogP contribution is -2.49. The fourth-order valence-corrected chi connectivity index (χ4v) is 6.01. The van der Waals surface area contributed by atoms with Crippen molar-refractivity contribution < 1.29 is 27.1 Å². The van der Waals surface area contributed by atoms with Gasteiger partial charge in [0.1, 0.15) is 11.6 Å². The second-order valence-corrected chi connectivity index (χ2v) is 11.0. The third-order valence-corrected chi connectivity index (χ3v) is 8.52. The third kappa shape index (κ3) is 6.14. The van der Waals surface area contributed by atoms with Crippen LogP contribution in [0.2, 0.25) is 0 Å². The first-order valence-corrected chi connectivity index (χ1v) is 13.6. The van der Waals surface area contributed by atoms with E-state index in [1.807, 2.05) is 4.90 Å². The Hall–Kier alpha value is -3.18. The molecule has 11 heteroatoms. The number of ether oxygens (including phenoxy) is 1. The number of rotatable bonds is 9. The average Bonchev–Trinajstić information content (AvgIpc) is 3.29. The molecule has 36 heavy (non-hydrogen) atoms. The summed E-state index contributed by atoms with van der Waals surface area (Å²) in [5.41, 5.74) is 1.55. The summed E-state index contributed by atoms with van der Waals surface area (Å²) < 4.78 is 45.3. The van der Waals surface area contributed by atoms with Crippen LogP contribution in [0.4, 0.5) is 15.8 Å². The van der Waals surface area contributed by atoms with Crippen molar-refractivity contribution in [3.05, 3.63) is 54.3 Å². The molecule has 0 aromatic heterocycles. The minimum absolute atomic E-state index is 0.0661. The van der Waals surface area contributed by atoms with Gasteiger partial charge in [-0.2, -0.15) is 4.31 Å². The Labute approximate surface area is 210 Å². The van der Waals surface area contributed by atoms with Crippen LogP contribution in [0, 0.1) is 11.7 Å². The second-order valence-electron chi connectivity index (χ2n) is 8.93. The molecule has 2 fully saturated rings. The molecule has 2 amide bonds. The average molecular weight is 519 g/mol. The highest BCUT2D eigenvalue weighted by Gasteiger charge is 2.35. The zero-order valence-corrected chi connectivity index (χ0v) is 21.0. The highest BCUT2D eigenvalue weighted by atomic mass is 32.2. The van der Waals surface area contributed by atoms with Gasteiger partial charge in [-0.15, -0.1) is 0 Å². The summed E-state index contributed by atoms with van der Waals surface area (Å²) in [6.45, 7) is 2.26. The van der Waals surface area contributed by atoms with Crippen LogP contribution in [-0.2, 0) is 19.6 Å². The van der Waals surface area contributed by atoms with Gasteiger partial charge in [0.25, 0.3) is 0 Å². The van der Waals surface area contributed by atoms with E-state index in [4.69, 9.17) is 4.74 Å². The number of nitrogens with zero attached hydrogens (tertiary/aromatic N) is 3. The SMILES string of the molecule is COc1cccc(N2CC(C(=O)NCCCS(=O)(=O)N3CCN(c4ccc(F)cc4)CC3)CC2=O)c1. The van der Waals surface area contributed by atoms with Gasteiger partial charge in [0.05, 0.1) is 18.8 Å². The van der Waals surface area contributed by atoms with Gasteiger partial charge < -0.3 is 19.9 Å². The van der Waals surface area contributed by atoms with Gasteiger partial charge in [0, 0.05) is 63.1 Å². The molecule has 0 radical (unpaired) electrons. The number of benzene rings is 2. The summed E-state index contributed by atoms with van der Waals surface area (Å²) in [6.07, 6.45) is 0.395. The van der Waals surface area contributed by atoms with Crippen LogP contribution in [0.3, 0.4) is 0 Å². The van der Waals surface area contributed by atoms with Crippen LogP contribution in [0.15, 0.2) is 48.5 Å². The van der Waals surface area contributed by atoms with E-state index in [-0.39, 0.29) is 49.3 Å². The van der Waals surface area contributed by atoms with Crippen molar-refractivity contribution in [1.29, 1.82) is 0 Å². The van der Waals surface area contributed by atoms with Crippen LogP contribution in [0.5, 0.6) is 5.75 Å². The van der Waals surface area contributed by atoms with Crippen molar-refractivity contribution in [2.24, 2.45) is 5.92 Å². The van der Waals surface area contributed by atoms with Crippen LogP contribution in [-0.4, -0.2) is 76.7 Å². The van der Waals surface area contributed by atoms with Gasteiger partial charge in [-0.1, -0.05) is 6.07 Å². The van der Waals surface area contributed by atoms with Crippen molar-refractivity contribution in [2.45, 2.75) is 12.8 Å². The third-order valence-electron chi connectivity index (χ3n) is 6.56. The fraction of sp³-hybridized carbons (Fsp3) is 0.440. The standard InChI is InChI=1S/C25H31FN4O5S/c1-35-23-5-2-4-22(17-23)30-18-19(16-24(30)31)25(32)27-10-3-15-36(33,34)29-13-11-28(12-14-29)21-8-6-20(26)7-9-21/h2,4-9,17,19H,3,10-16,18H2,1H3,(H,27,32). The molecule has 2 aliphatic rings. The number of carbonyl (C=O) groups excluding carboxylic acids is 2. The van der Waals surface area contributed by atoms with Crippen LogP contribution < -0.4 is 19.9 Å². The maximum atomic E-state index is 13.1. The molecule has 0 spiro atoms. The lowest BCUT2D eigenvalue weighted by atomic mass is 10.1.